The maximum atomic E-state index is 12.1. The second-order valence-corrected chi connectivity index (χ2v) is 6.16. The lowest BCUT2D eigenvalue weighted by Gasteiger charge is -2.32. The summed E-state index contributed by atoms with van der Waals surface area (Å²) in [5.74, 6) is -0.227. The molecule has 1 fully saturated rings. The first-order chi connectivity index (χ1) is 9.23. The summed E-state index contributed by atoms with van der Waals surface area (Å²) in [6, 6.07) is 0. The molecule has 0 saturated carbocycles. The lowest BCUT2D eigenvalue weighted by atomic mass is 9.97. The average molecular weight is 286 g/mol. The number of hydrogen-bond donors (Lipinski definition) is 1. The number of carbonyl (C=O) groups is 2. The number of esters is 1. The van der Waals surface area contributed by atoms with Crippen molar-refractivity contribution in [3.8, 4) is 0 Å². The van der Waals surface area contributed by atoms with Crippen molar-refractivity contribution >= 4 is 11.9 Å². The second-order valence-electron chi connectivity index (χ2n) is 6.16. The van der Waals surface area contributed by atoms with Gasteiger partial charge in [-0.15, -0.1) is 0 Å². The Kier molecular flexibility index (Phi) is 5.95. The van der Waals surface area contributed by atoms with Gasteiger partial charge in [-0.1, -0.05) is 0 Å². The Labute approximate surface area is 120 Å². The number of aliphatic hydroxyl groups is 1. The van der Waals surface area contributed by atoms with Crippen LogP contribution in [0.3, 0.4) is 0 Å². The summed E-state index contributed by atoms with van der Waals surface area (Å²) >= 11 is 0. The van der Waals surface area contributed by atoms with Crippen molar-refractivity contribution in [1.29, 1.82) is 0 Å². The van der Waals surface area contributed by atoms with Gasteiger partial charge in [0.25, 0.3) is 0 Å². The van der Waals surface area contributed by atoms with Gasteiger partial charge in [-0.05, 0) is 33.7 Å². The molecule has 0 spiro atoms. The molecular formula is C14H26N2O4. The third-order valence-corrected chi connectivity index (χ3v) is 3.44. The van der Waals surface area contributed by atoms with Crippen molar-refractivity contribution in [3.63, 3.8) is 0 Å². The topological polar surface area (TPSA) is 70.1 Å². The number of carbonyl (C=O) groups excluding carboxylic acids is 2. The van der Waals surface area contributed by atoms with Crippen LogP contribution >= 0.6 is 0 Å². The van der Waals surface area contributed by atoms with Gasteiger partial charge >= 0.3 is 5.97 Å². The minimum Gasteiger partial charge on any atom is -0.469 e. The quantitative estimate of drug-likeness (QED) is 0.726. The fourth-order valence-electron chi connectivity index (χ4n) is 2.58. The molecule has 0 bridgehead atoms. The van der Waals surface area contributed by atoms with Gasteiger partial charge in [-0.3, -0.25) is 14.5 Å². The van der Waals surface area contributed by atoms with Crippen molar-refractivity contribution < 1.29 is 19.4 Å². The first-order valence-electron chi connectivity index (χ1n) is 6.99. The van der Waals surface area contributed by atoms with Crippen LogP contribution in [0.2, 0.25) is 0 Å². The van der Waals surface area contributed by atoms with Crippen molar-refractivity contribution in [2.24, 2.45) is 5.92 Å². The fraction of sp³-hybridized carbons (Fsp3) is 0.857. The molecule has 0 aliphatic carbocycles. The number of nitrogens with zero attached hydrogens (tertiary/aromatic N) is 2. The molecule has 116 valence electrons. The third kappa shape index (κ3) is 5.46. The number of amides is 1. The third-order valence-electron chi connectivity index (χ3n) is 3.44. The first kappa shape index (κ1) is 16.9. The van der Waals surface area contributed by atoms with Gasteiger partial charge in [-0.25, -0.2) is 0 Å². The van der Waals surface area contributed by atoms with Gasteiger partial charge in [-0.2, -0.15) is 0 Å². The van der Waals surface area contributed by atoms with Crippen LogP contribution in [0.4, 0.5) is 0 Å². The minimum atomic E-state index is -0.813. The van der Waals surface area contributed by atoms with Crippen molar-refractivity contribution in [2.75, 3.05) is 40.3 Å². The van der Waals surface area contributed by atoms with Crippen molar-refractivity contribution in [3.05, 3.63) is 0 Å². The van der Waals surface area contributed by atoms with Gasteiger partial charge in [0.15, 0.2) is 0 Å². The van der Waals surface area contributed by atoms with Gasteiger partial charge < -0.3 is 14.7 Å². The van der Waals surface area contributed by atoms with E-state index in [4.69, 9.17) is 4.74 Å². The van der Waals surface area contributed by atoms with E-state index in [1.807, 2.05) is 11.9 Å². The zero-order valence-corrected chi connectivity index (χ0v) is 12.9. The molecule has 0 aromatic rings. The van der Waals surface area contributed by atoms with E-state index in [0.717, 1.165) is 0 Å². The van der Waals surface area contributed by atoms with E-state index in [9.17, 15) is 14.7 Å². The standard InChI is InChI=1S/C14H26N2O4/c1-14(2,19)10-15(3)9-12(17)16-7-5-11(6-8-16)13(18)20-4/h11,19H,5-10H2,1-4H3. The van der Waals surface area contributed by atoms with E-state index in [0.29, 0.717) is 32.5 Å². The van der Waals surface area contributed by atoms with Gasteiger partial charge in [0.1, 0.15) is 0 Å². The summed E-state index contributed by atoms with van der Waals surface area (Å²) < 4.78 is 4.73. The Morgan fingerprint density at radius 1 is 1.35 bits per heavy atom. The van der Waals surface area contributed by atoms with Crippen LogP contribution in [0.1, 0.15) is 26.7 Å². The van der Waals surface area contributed by atoms with E-state index in [2.05, 4.69) is 0 Å². The summed E-state index contributed by atoms with van der Waals surface area (Å²) in [6.45, 7) is 5.35. The van der Waals surface area contributed by atoms with Crippen LogP contribution in [0.15, 0.2) is 0 Å². The van der Waals surface area contributed by atoms with Crippen molar-refractivity contribution in [2.45, 2.75) is 32.3 Å². The average Bonchev–Trinajstić information content (AvgIpc) is 2.35. The number of rotatable bonds is 5. The number of likely N-dealkylation sites (N-methyl/N-ethyl adjacent to an activating group) is 1. The maximum Gasteiger partial charge on any atom is 0.308 e. The zero-order chi connectivity index (χ0) is 15.3. The molecule has 0 unspecified atom stereocenters. The molecule has 0 aromatic heterocycles. The van der Waals surface area contributed by atoms with Crippen LogP contribution in [-0.4, -0.2) is 72.7 Å². The predicted molar refractivity (Wildman–Crippen MR) is 75.1 cm³/mol. The maximum absolute atomic E-state index is 12.1. The summed E-state index contributed by atoms with van der Waals surface area (Å²) in [7, 11) is 3.21. The Balaban J connectivity index is 2.38. The highest BCUT2D eigenvalue weighted by Crippen LogP contribution is 2.18. The van der Waals surface area contributed by atoms with Crippen LogP contribution in [-0.2, 0) is 14.3 Å². The first-order valence-corrected chi connectivity index (χ1v) is 6.99. The number of piperidine rings is 1. The number of likely N-dealkylation sites (tertiary alicyclic amines) is 1. The Morgan fingerprint density at radius 2 is 1.90 bits per heavy atom. The normalized spacial score (nSPS) is 17.4. The molecule has 1 aliphatic rings. The van der Waals surface area contributed by atoms with E-state index >= 15 is 0 Å². The monoisotopic (exact) mass is 286 g/mol. The van der Waals surface area contributed by atoms with Gasteiger partial charge in [0.05, 0.1) is 25.2 Å². The Hall–Kier alpha value is -1.14. The zero-order valence-electron chi connectivity index (χ0n) is 12.9. The van der Waals surface area contributed by atoms with Crippen molar-refractivity contribution in [1.82, 2.24) is 9.80 Å². The van der Waals surface area contributed by atoms with Gasteiger partial charge in [0, 0.05) is 19.6 Å². The molecule has 0 aromatic carbocycles. The molecule has 0 atom stereocenters. The minimum absolute atomic E-state index is 0.0417. The molecule has 1 saturated heterocycles. The molecule has 20 heavy (non-hydrogen) atoms. The second kappa shape index (κ2) is 7.04. The van der Waals surface area contributed by atoms with Gasteiger partial charge in [0.2, 0.25) is 5.91 Å². The number of ether oxygens (including phenoxy) is 1. The Morgan fingerprint density at radius 3 is 2.35 bits per heavy atom. The lowest BCUT2D eigenvalue weighted by Crippen LogP contribution is -2.46. The summed E-state index contributed by atoms with van der Waals surface area (Å²) in [5.41, 5.74) is -0.813. The largest absolute Gasteiger partial charge is 0.469 e. The summed E-state index contributed by atoms with van der Waals surface area (Å²) in [6.07, 6.45) is 1.32. The predicted octanol–water partition coefficient (Wildman–Crippen LogP) is 0.101. The van der Waals surface area contributed by atoms with Crippen LogP contribution in [0.5, 0.6) is 0 Å². The van der Waals surface area contributed by atoms with Crippen LogP contribution < -0.4 is 0 Å². The lowest BCUT2D eigenvalue weighted by molar-refractivity contribution is -0.149. The molecule has 0 radical (unpaired) electrons. The molecule has 6 heteroatoms. The molecule has 1 amide bonds. The molecule has 6 nitrogen and oxygen atoms in total. The summed E-state index contributed by atoms with van der Waals surface area (Å²) in [4.78, 5) is 27.1. The van der Waals surface area contributed by atoms with Crippen LogP contribution in [0, 0.1) is 5.92 Å². The highest BCUT2D eigenvalue weighted by Gasteiger charge is 2.28. The fourth-order valence-corrected chi connectivity index (χ4v) is 2.58. The SMILES string of the molecule is COC(=O)C1CCN(C(=O)CN(C)CC(C)(C)O)CC1. The van der Waals surface area contributed by atoms with Crippen LogP contribution in [0.25, 0.3) is 0 Å². The summed E-state index contributed by atoms with van der Waals surface area (Å²) in [5, 5.41) is 9.72. The molecule has 1 rings (SSSR count). The molecule has 1 heterocycles. The Bertz CT molecular complexity index is 344. The molecular weight excluding hydrogens is 260 g/mol. The van der Waals surface area contributed by atoms with E-state index < -0.39 is 5.60 Å². The molecule has 1 aliphatic heterocycles. The van der Waals surface area contributed by atoms with E-state index in [-0.39, 0.29) is 24.3 Å². The highest BCUT2D eigenvalue weighted by atomic mass is 16.5. The highest BCUT2D eigenvalue weighted by molar-refractivity contribution is 5.79. The van der Waals surface area contributed by atoms with E-state index in [1.165, 1.54) is 7.11 Å². The number of hydrogen-bond acceptors (Lipinski definition) is 5. The molecule has 1 N–H and O–H groups in total. The smallest absolute Gasteiger partial charge is 0.308 e. The van der Waals surface area contributed by atoms with E-state index in [1.54, 1.807) is 18.7 Å². The number of methoxy groups -OCH3 is 1.